The van der Waals surface area contributed by atoms with E-state index in [2.05, 4.69) is 0 Å². The topological polar surface area (TPSA) is 38.3 Å². The molecule has 0 bridgehead atoms. The third kappa shape index (κ3) is 3.94. The second-order valence-corrected chi connectivity index (χ2v) is 3.80. The molecular formula is C12H14F3NO2. The number of carbonyl (C=O) groups is 1. The van der Waals surface area contributed by atoms with Gasteiger partial charge in [-0.05, 0) is 31.0 Å². The van der Waals surface area contributed by atoms with Gasteiger partial charge in [0.2, 0.25) is 0 Å². The van der Waals surface area contributed by atoms with Crippen molar-refractivity contribution < 1.29 is 22.7 Å². The molecule has 0 aliphatic carbocycles. The lowest BCUT2D eigenvalue weighted by Gasteiger charge is -2.13. The van der Waals surface area contributed by atoms with Crippen LogP contribution in [0.25, 0.3) is 0 Å². The molecular weight excluding hydrogens is 247 g/mol. The highest BCUT2D eigenvalue weighted by molar-refractivity contribution is 5.96. The fourth-order valence-corrected chi connectivity index (χ4v) is 1.26. The zero-order chi connectivity index (χ0) is 13.8. The maximum absolute atomic E-state index is 12.1. The average molecular weight is 261 g/mol. The summed E-state index contributed by atoms with van der Waals surface area (Å²) in [5, 5.41) is 1.80. The maximum Gasteiger partial charge on any atom is 0.471 e. The molecule has 1 rings (SSSR count). The van der Waals surface area contributed by atoms with Gasteiger partial charge in [-0.2, -0.15) is 13.2 Å². The number of alkyl halides is 3. The number of anilines is 1. The van der Waals surface area contributed by atoms with Crippen LogP contribution in [-0.4, -0.2) is 18.7 Å². The summed E-state index contributed by atoms with van der Waals surface area (Å²) in [5.41, 5.74) is 0.863. The zero-order valence-electron chi connectivity index (χ0n) is 10.1. The van der Waals surface area contributed by atoms with Crippen LogP contribution in [0.5, 0.6) is 5.75 Å². The number of hydrogen-bond donors (Lipinski definition) is 1. The van der Waals surface area contributed by atoms with Crippen LogP contribution in [0.3, 0.4) is 0 Å². The van der Waals surface area contributed by atoms with E-state index in [9.17, 15) is 18.0 Å². The summed E-state index contributed by atoms with van der Waals surface area (Å²) >= 11 is 0. The molecule has 0 unspecified atom stereocenters. The van der Waals surface area contributed by atoms with Crippen molar-refractivity contribution in [1.29, 1.82) is 0 Å². The number of nitrogens with one attached hydrogen (secondary N) is 1. The van der Waals surface area contributed by atoms with Crippen LogP contribution >= 0.6 is 0 Å². The monoisotopic (exact) mass is 261 g/mol. The summed E-state index contributed by atoms with van der Waals surface area (Å²) in [5.74, 6) is -1.76. The highest BCUT2D eigenvalue weighted by atomic mass is 19.4. The number of carbonyl (C=O) groups excluding carboxylic acids is 1. The molecule has 1 aromatic rings. The first-order chi connectivity index (χ1) is 8.34. The number of hydrogen-bond acceptors (Lipinski definition) is 2. The van der Waals surface area contributed by atoms with E-state index in [1.807, 2.05) is 6.92 Å². The summed E-state index contributed by atoms with van der Waals surface area (Å²) < 4.78 is 41.7. The minimum Gasteiger partial charge on any atom is -0.491 e. The van der Waals surface area contributed by atoms with E-state index < -0.39 is 12.1 Å². The summed E-state index contributed by atoms with van der Waals surface area (Å²) in [7, 11) is 0. The first-order valence-corrected chi connectivity index (χ1v) is 5.46. The summed E-state index contributed by atoms with van der Waals surface area (Å²) in [6.07, 6.45) is -4.19. The largest absolute Gasteiger partial charge is 0.491 e. The summed E-state index contributed by atoms with van der Waals surface area (Å²) in [4.78, 5) is 10.9. The molecule has 0 aromatic heterocycles. The minimum atomic E-state index is -4.91. The van der Waals surface area contributed by atoms with Crippen molar-refractivity contribution in [2.75, 3.05) is 11.9 Å². The Kier molecular flexibility index (Phi) is 4.58. The molecule has 0 saturated heterocycles. The third-order valence-corrected chi connectivity index (χ3v) is 2.10. The second-order valence-electron chi connectivity index (χ2n) is 3.80. The van der Waals surface area contributed by atoms with E-state index in [1.165, 1.54) is 6.07 Å². The third-order valence-electron chi connectivity index (χ3n) is 2.10. The molecule has 0 radical (unpaired) electrons. The standard InChI is InChI=1S/C12H14F3NO2/c1-3-6-18-10-7-8(2)4-5-9(10)16-11(17)12(13,14)15/h4-5,7H,3,6H2,1-2H3,(H,16,17). The van der Waals surface area contributed by atoms with Gasteiger partial charge in [0, 0.05) is 0 Å². The Balaban J connectivity index is 2.90. The molecule has 0 spiro atoms. The molecule has 18 heavy (non-hydrogen) atoms. The molecule has 6 heteroatoms. The first-order valence-electron chi connectivity index (χ1n) is 5.46. The van der Waals surface area contributed by atoms with Gasteiger partial charge < -0.3 is 10.1 Å². The zero-order valence-corrected chi connectivity index (χ0v) is 10.1. The highest BCUT2D eigenvalue weighted by Crippen LogP contribution is 2.28. The van der Waals surface area contributed by atoms with Crippen molar-refractivity contribution in [3.05, 3.63) is 23.8 Å². The molecule has 0 heterocycles. The van der Waals surface area contributed by atoms with Crippen LogP contribution in [0.15, 0.2) is 18.2 Å². The second kappa shape index (κ2) is 5.75. The molecule has 1 amide bonds. The minimum absolute atomic E-state index is 0.0244. The van der Waals surface area contributed by atoms with Gasteiger partial charge in [-0.15, -0.1) is 0 Å². The maximum atomic E-state index is 12.1. The van der Waals surface area contributed by atoms with E-state index in [-0.39, 0.29) is 11.4 Å². The van der Waals surface area contributed by atoms with Crippen molar-refractivity contribution in [3.8, 4) is 5.75 Å². The molecule has 0 saturated carbocycles. The quantitative estimate of drug-likeness (QED) is 0.903. The Hall–Kier alpha value is -1.72. The Bertz CT molecular complexity index is 430. The SMILES string of the molecule is CCCOc1cc(C)ccc1NC(=O)C(F)(F)F. The van der Waals surface area contributed by atoms with E-state index in [4.69, 9.17) is 4.74 Å². The molecule has 0 fully saturated rings. The van der Waals surface area contributed by atoms with Gasteiger partial charge in [0.15, 0.2) is 0 Å². The van der Waals surface area contributed by atoms with Crippen LogP contribution < -0.4 is 10.1 Å². The van der Waals surface area contributed by atoms with Crippen molar-refractivity contribution in [2.24, 2.45) is 0 Å². The van der Waals surface area contributed by atoms with Gasteiger partial charge >= 0.3 is 12.1 Å². The van der Waals surface area contributed by atoms with E-state index in [1.54, 1.807) is 24.4 Å². The number of aryl methyl sites for hydroxylation is 1. The number of amides is 1. The normalized spacial score (nSPS) is 11.2. The first kappa shape index (κ1) is 14.3. The average Bonchev–Trinajstić information content (AvgIpc) is 2.28. The lowest BCUT2D eigenvalue weighted by Crippen LogP contribution is -2.30. The van der Waals surface area contributed by atoms with Crippen LogP contribution in [0.2, 0.25) is 0 Å². The Morgan fingerprint density at radius 1 is 1.39 bits per heavy atom. The van der Waals surface area contributed by atoms with Crippen LogP contribution in [0.4, 0.5) is 18.9 Å². The van der Waals surface area contributed by atoms with Gasteiger partial charge in [-0.3, -0.25) is 4.79 Å². The number of ether oxygens (including phenoxy) is 1. The van der Waals surface area contributed by atoms with E-state index in [0.717, 1.165) is 12.0 Å². The number of halogens is 3. The molecule has 100 valence electrons. The predicted octanol–water partition coefficient (Wildman–Crippen LogP) is 3.28. The van der Waals surface area contributed by atoms with Crippen LogP contribution in [0, 0.1) is 6.92 Å². The predicted molar refractivity (Wildman–Crippen MR) is 61.6 cm³/mol. The fraction of sp³-hybridized carbons (Fsp3) is 0.417. The fourth-order valence-electron chi connectivity index (χ4n) is 1.26. The van der Waals surface area contributed by atoms with Crippen molar-refractivity contribution in [3.63, 3.8) is 0 Å². The Labute approximate surface area is 103 Å². The number of benzene rings is 1. The van der Waals surface area contributed by atoms with Crippen molar-refractivity contribution >= 4 is 11.6 Å². The van der Waals surface area contributed by atoms with Crippen LogP contribution in [-0.2, 0) is 4.79 Å². The van der Waals surface area contributed by atoms with E-state index in [0.29, 0.717) is 6.61 Å². The lowest BCUT2D eigenvalue weighted by atomic mass is 10.2. The molecule has 0 atom stereocenters. The molecule has 1 N–H and O–H groups in total. The molecule has 0 aliphatic rings. The van der Waals surface area contributed by atoms with Gasteiger partial charge in [0.05, 0.1) is 12.3 Å². The summed E-state index contributed by atoms with van der Waals surface area (Å²) in [6, 6.07) is 4.58. The smallest absolute Gasteiger partial charge is 0.471 e. The van der Waals surface area contributed by atoms with E-state index >= 15 is 0 Å². The molecule has 3 nitrogen and oxygen atoms in total. The Morgan fingerprint density at radius 2 is 2.06 bits per heavy atom. The highest BCUT2D eigenvalue weighted by Gasteiger charge is 2.39. The van der Waals surface area contributed by atoms with Crippen molar-refractivity contribution in [1.82, 2.24) is 0 Å². The van der Waals surface area contributed by atoms with Gasteiger partial charge in [0.25, 0.3) is 0 Å². The molecule has 0 aliphatic heterocycles. The van der Waals surface area contributed by atoms with Crippen LogP contribution in [0.1, 0.15) is 18.9 Å². The van der Waals surface area contributed by atoms with Gasteiger partial charge in [0.1, 0.15) is 5.75 Å². The van der Waals surface area contributed by atoms with Crippen molar-refractivity contribution in [2.45, 2.75) is 26.4 Å². The Morgan fingerprint density at radius 3 is 2.61 bits per heavy atom. The van der Waals surface area contributed by atoms with Gasteiger partial charge in [-0.1, -0.05) is 13.0 Å². The number of rotatable bonds is 4. The summed E-state index contributed by atoms with van der Waals surface area (Å²) in [6.45, 7) is 4.04. The lowest BCUT2D eigenvalue weighted by molar-refractivity contribution is -0.167. The van der Waals surface area contributed by atoms with Gasteiger partial charge in [-0.25, -0.2) is 0 Å². The molecule has 1 aromatic carbocycles.